The summed E-state index contributed by atoms with van der Waals surface area (Å²) in [5.74, 6) is 0.0220. The van der Waals surface area contributed by atoms with Crippen LogP contribution < -0.4 is 0 Å². The van der Waals surface area contributed by atoms with E-state index in [0.29, 0.717) is 0 Å². The van der Waals surface area contributed by atoms with E-state index in [1.165, 1.54) is 23.9 Å². The highest BCUT2D eigenvalue weighted by Gasteiger charge is 2.49. The molecule has 2 aromatic rings. The van der Waals surface area contributed by atoms with Crippen molar-refractivity contribution < 1.29 is 18.0 Å². The van der Waals surface area contributed by atoms with Gasteiger partial charge in [0, 0.05) is 10.9 Å². The van der Waals surface area contributed by atoms with E-state index in [0.717, 1.165) is 22.6 Å². The molecule has 2 nitrogen and oxygen atoms in total. The van der Waals surface area contributed by atoms with E-state index in [1.807, 2.05) is 44.2 Å². The molecule has 0 unspecified atom stereocenters. The summed E-state index contributed by atoms with van der Waals surface area (Å²) in [6.45, 7) is 3.83. The topological polar surface area (TPSA) is 20.3 Å². The highest BCUT2D eigenvalue weighted by Crippen LogP contribution is 2.46. The second-order valence-corrected chi connectivity index (χ2v) is 7.47. The molecule has 0 aliphatic carbocycles. The van der Waals surface area contributed by atoms with Crippen LogP contribution in [0, 0.1) is 0 Å². The zero-order valence-corrected chi connectivity index (χ0v) is 14.6. The lowest BCUT2D eigenvalue weighted by Gasteiger charge is -2.49. The first-order valence-corrected chi connectivity index (χ1v) is 8.88. The van der Waals surface area contributed by atoms with Crippen molar-refractivity contribution in [3.05, 3.63) is 65.7 Å². The van der Waals surface area contributed by atoms with Crippen molar-refractivity contribution in [2.75, 3.05) is 0 Å². The summed E-state index contributed by atoms with van der Waals surface area (Å²) in [5, 5.41) is -0.318. The second kappa shape index (κ2) is 6.75. The summed E-state index contributed by atoms with van der Waals surface area (Å²) < 4.78 is 38.3. The Morgan fingerprint density at radius 2 is 1.60 bits per heavy atom. The summed E-state index contributed by atoms with van der Waals surface area (Å²) in [6, 6.07) is 14.5. The van der Waals surface area contributed by atoms with E-state index < -0.39 is 11.7 Å². The minimum absolute atomic E-state index is 0.00702. The van der Waals surface area contributed by atoms with Gasteiger partial charge in [-0.2, -0.15) is 13.2 Å². The van der Waals surface area contributed by atoms with Crippen molar-refractivity contribution in [2.24, 2.45) is 0 Å². The van der Waals surface area contributed by atoms with Gasteiger partial charge in [0.05, 0.1) is 11.6 Å². The van der Waals surface area contributed by atoms with Crippen LogP contribution in [-0.4, -0.2) is 22.1 Å². The molecule has 1 saturated heterocycles. The van der Waals surface area contributed by atoms with Crippen molar-refractivity contribution in [1.82, 2.24) is 4.90 Å². The maximum absolute atomic E-state index is 12.8. The maximum atomic E-state index is 12.8. The van der Waals surface area contributed by atoms with E-state index >= 15 is 0 Å². The zero-order valence-electron chi connectivity index (χ0n) is 13.8. The molecule has 0 aromatic heterocycles. The lowest BCUT2D eigenvalue weighted by atomic mass is 9.91. The minimum Gasteiger partial charge on any atom is -0.331 e. The molecule has 132 valence electrons. The molecule has 1 aliphatic rings. The predicted molar refractivity (Wildman–Crippen MR) is 92.3 cm³/mol. The largest absolute Gasteiger partial charge is 0.416 e. The van der Waals surface area contributed by atoms with Crippen LogP contribution in [0.4, 0.5) is 13.2 Å². The lowest BCUT2D eigenvalue weighted by Crippen LogP contribution is -2.59. The molecule has 25 heavy (non-hydrogen) atoms. The van der Waals surface area contributed by atoms with Gasteiger partial charge >= 0.3 is 6.18 Å². The molecule has 1 amide bonds. The Kier molecular flexibility index (Phi) is 4.82. The minimum atomic E-state index is -4.36. The molecule has 1 fully saturated rings. The standard InChI is InChI=1S/C19H18F3NOS/c1-12(2)23-16(13-8-10-14(11-9-13)19(20,21)22)17(18(23)24)25-15-6-4-3-5-7-15/h3-12,16-17H,1-2H3/t16-,17+/m0/s1. The number of likely N-dealkylation sites (tertiary alicyclic amines) is 1. The Morgan fingerprint density at radius 3 is 2.12 bits per heavy atom. The number of carbonyl (C=O) groups excluding carboxylic acids is 1. The number of hydrogen-bond acceptors (Lipinski definition) is 2. The van der Waals surface area contributed by atoms with Crippen molar-refractivity contribution in [3.8, 4) is 0 Å². The number of hydrogen-bond donors (Lipinski definition) is 0. The SMILES string of the molecule is CC(C)N1C(=O)[C@H](Sc2ccccc2)[C@@H]1c1ccc(C(F)(F)F)cc1. The van der Waals surface area contributed by atoms with E-state index in [4.69, 9.17) is 0 Å². The summed E-state index contributed by atoms with van der Waals surface area (Å²) >= 11 is 1.46. The van der Waals surface area contributed by atoms with E-state index in [-0.39, 0.29) is 23.2 Å². The molecule has 2 atom stereocenters. The first-order valence-electron chi connectivity index (χ1n) is 8.00. The van der Waals surface area contributed by atoms with Gasteiger partial charge < -0.3 is 4.90 Å². The van der Waals surface area contributed by atoms with E-state index in [9.17, 15) is 18.0 Å². The van der Waals surface area contributed by atoms with Gasteiger partial charge in [0.2, 0.25) is 5.91 Å². The van der Waals surface area contributed by atoms with Crippen molar-refractivity contribution >= 4 is 17.7 Å². The first kappa shape index (κ1) is 17.9. The Morgan fingerprint density at radius 1 is 1.00 bits per heavy atom. The van der Waals surface area contributed by atoms with Gasteiger partial charge in [-0.1, -0.05) is 30.3 Å². The Bertz CT molecular complexity index is 744. The zero-order chi connectivity index (χ0) is 18.2. The fourth-order valence-corrected chi connectivity index (χ4v) is 4.27. The van der Waals surface area contributed by atoms with Crippen LogP contribution in [0.25, 0.3) is 0 Å². The highest BCUT2D eigenvalue weighted by molar-refractivity contribution is 8.00. The van der Waals surface area contributed by atoms with Crippen LogP contribution in [0.15, 0.2) is 59.5 Å². The molecule has 1 aliphatic heterocycles. The Hall–Kier alpha value is -1.95. The number of nitrogens with zero attached hydrogens (tertiary/aromatic N) is 1. The monoisotopic (exact) mass is 365 g/mol. The van der Waals surface area contributed by atoms with Gasteiger partial charge in [0.15, 0.2) is 0 Å². The number of rotatable bonds is 4. The molecule has 6 heteroatoms. The lowest BCUT2D eigenvalue weighted by molar-refractivity contribution is -0.148. The number of alkyl halides is 3. The summed E-state index contributed by atoms with van der Waals surface area (Å²) in [5.41, 5.74) is 0.0555. The third-order valence-corrected chi connectivity index (χ3v) is 5.48. The quantitative estimate of drug-likeness (QED) is 0.698. The molecule has 0 N–H and O–H groups in total. The van der Waals surface area contributed by atoms with Crippen molar-refractivity contribution in [3.63, 3.8) is 0 Å². The molecular weight excluding hydrogens is 347 g/mol. The number of carbonyl (C=O) groups is 1. The van der Waals surface area contributed by atoms with Crippen molar-refractivity contribution in [2.45, 2.75) is 42.3 Å². The first-order chi connectivity index (χ1) is 11.8. The summed E-state index contributed by atoms with van der Waals surface area (Å²) in [6.07, 6.45) is -4.36. The average molecular weight is 365 g/mol. The van der Waals surface area contributed by atoms with Crippen LogP contribution in [0.3, 0.4) is 0 Å². The summed E-state index contributed by atoms with van der Waals surface area (Å²) in [7, 11) is 0. The van der Waals surface area contributed by atoms with Gasteiger partial charge in [-0.25, -0.2) is 0 Å². The second-order valence-electron chi connectivity index (χ2n) is 6.26. The van der Waals surface area contributed by atoms with Crippen LogP contribution in [0.1, 0.15) is 31.0 Å². The number of amides is 1. The van der Waals surface area contributed by atoms with E-state index in [2.05, 4.69) is 0 Å². The third kappa shape index (κ3) is 3.54. The number of halogens is 3. The summed E-state index contributed by atoms with van der Waals surface area (Å²) in [4.78, 5) is 15.3. The molecule has 0 spiro atoms. The third-order valence-electron chi connectivity index (χ3n) is 4.23. The fraction of sp³-hybridized carbons (Fsp3) is 0.316. The molecule has 3 rings (SSSR count). The van der Waals surface area contributed by atoms with Gasteiger partial charge in [0.1, 0.15) is 5.25 Å². The molecule has 1 heterocycles. The normalized spacial score (nSPS) is 20.7. The Balaban J connectivity index is 1.88. The number of β-lactam (4-membered cyclic amide) rings is 1. The van der Waals surface area contributed by atoms with Gasteiger partial charge in [-0.3, -0.25) is 4.79 Å². The Labute approximate surface area is 149 Å². The maximum Gasteiger partial charge on any atom is 0.416 e. The van der Waals surface area contributed by atoms with Crippen LogP contribution in [0.2, 0.25) is 0 Å². The number of benzene rings is 2. The van der Waals surface area contributed by atoms with Gasteiger partial charge in [-0.05, 0) is 43.7 Å². The van der Waals surface area contributed by atoms with Crippen LogP contribution in [-0.2, 0) is 11.0 Å². The van der Waals surface area contributed by atoms with Crippen molar-refractivity contribution in [1.29, 1.82) is 0 Å². The average Bonchev–Trinajstić information content (AvgIpc) is 2.57. The van der Waals surface area contributed by atoms with Gasteiger partial charge in [0.25, 0.3) is 0 Å². The van der Waals surface area contributed by atoms with Crippen LogP contribution >= 0.6 is 11.8 Å². The van der Waals surface area contributed by atoms with Crippen LogP contribution in [0.5, 0.6) is 0 Å². The molecule has 0 bridgehead atoms. The smallest absolute Gasteiger partial charge is 0.331 e. The predicted octanol–water partition coefficient (Wildman–Crippen LogP) is 5.16. The number of thioether (sulfide) groups is 1. The fourth-order valence-electron chi connectivity index (χ4n) is 3.02. The molecule has 0 saturated carbocycles. The molecule has 2 aromatic carbocycles. The highest BCUT2D eigenvalue weighted by atomic mass is 32.2. The van der Waals surface area contributed by atoms with E-state index in [1.54, 1.807) is 4.90 Å². The molecule has 0 radical (unpaired) electrons. The van der Waals surface area contributed by atoms with Gasteiger partial charge in [-0.15, -0.1) is 11.8 Å². The molecular formula is C19H18F3NOS.